The van der Waals surface area contributed by atoms with E-state index in [1.165, 1.54) is 6.08 Å². The molecule has 1 fully saturated rings. The first-order chi connectivity index (χ1) is 17.6. The number of fused-ring (bicyclic) bond motifs is 1. The summed E-state index contributed by atoms with van der Waals surface area (Å²) in [5, 5.41) is 10.4. The van der Waals surface area contributed by atoms with E-state index < -0.39 is 0 Å². The van der Waals surface area contributed by atoms with Crippen LogP contribution in [0.5, 0.6) is 0 Å². The van der Waals surface area contributed by atoms with Crippen LogP contribution in [0.15, 0.2) is 85.6 Å². The number of benzene rings is 3. The molecule has 8 heteroatoms. The van der Waals surface area contributed by atoms with Crippen LogP contribution < -0.4 is 21.7 Å². The van der Waals surface area contributed by atoms with Gasteiger partial charge >= 0.3 is 0 Å². The number of nitrogens with zero attached hydrogens (tertiary/aromatic N) is 2. The largest absolute Gasteiger partial charge is 0.371 e. The van der Waals surface area contributed by atoms with Crippen LogP contribution in [0.4, 0.5) is 17.3 Å². The Balaban J connectivity index is 1.40. The Bertz CT molecular complexity index is 1390. The lowest BCUT2D eigenvalue weighted by atomic mass is 10.0. The zero-order valence-corrected chi connectivity index (χ0v) is 19.8. The van der Waals surface area contributed by atoms with Crippen molar-refractivity contribution in [3.63, 3.8) is 0 Å². The number of amides is 1. The van der Waals surface area contributed by atoms with Crippen LogP contribution >= 0.6 is 0 Å². The van der Waals surface area contributed by atoms with Crippen molar-refractivity contribution in [3.8, 4) is 11.1 Å². The van der Waals surface area contributed by atoms with Crippen LogP contribution in [-0.4, -0.2) is 41.6 Å². The molecule has 1 aliphatic heterocycles. The maximum absolute atomic E-state index is 11.7. The van der Waals surface area contributed by atoms with Gasteiger partial charge in [-0.3, -0.25) is 4.79 Å². The third-order valence-electron chi connectivity index (χ3n) is 6.16. The van der Waals surface area contributed by atoms with E-state index in [1.54, 1.807) is 6.20 Å². The van der Waals surface area contributed by atoms with Gasteiger partial charge in [0.2, 0.25) is 11.9 Å². The van der Waals surface area contributed by atoms with Crippen LogP contribution in [0.3, 0.4) is 0 Å². The number of aromatic nitrogens is 2. The van der Waals surface area contributed by atoms with Crippen molar-refractivity contribution in [1.82, 2.24) is 15.3 Å². The first-order valence-corrected chi connectivity index (χ1v) is 11.9. The number of carbonyl (C=O) groups is 1. The quantitative estimate of drug-likeness (QED) is 0.294. The standard InChI is InChI=1S/C28H28N6O2/c1-2-25(35)32-22-7-3-5-19(15-22)23-8-4-6-20-17-31-28(34-26(20)23)33-21-11-9-18(10-12-21)27-24(16-29)30-13-14-36-27/h2-12,15,17,24,27,30H,1,13-14,16,29H2,(H,32,35)(H,31,33,34). The Morgan fingerprint density at radius 1 is 1.14 bits per heavy atom. The second-order valence-corrected chi connectivity index (χ2v) is 8.55. The molecule has 2 atom stereocenters. The van der Waals surface area contributed by atoms with Crippen molar-refractivity contribution in [2.45, 2.75) is 12.1 Å². The Morgan fingerprint density at radius 3 is 2.78 bits per heavy atom. The van der Waals surface area contributed by atoms with Gasteiger partial charge in [-0.1, -0.05) is 49.0 Å². The van der Waals surface area contributed by atoms with Crippen LogP contribution in [0.1, 0.15) is 11.7 Å². The highest BCUT2D eigenvalue weighted by Gasteiger charge is 2.25. The summed E-state index contributed by atoms with van der Waals surface area (Å²) >= 11 is 0. The van der Waals surface area contributed by atoms with Gasteiger partial charge in [-0.2, -0.15) is 0 Å². The molecule has 5 rings (SSSR count). The van der Waals surface area contributed by atoms with E-state index in [0.29, 0.717) is 24.8 Å². The minimum absolute atomic E-state index is 0.0655. The fraction of sp³-hybridized carbons (Fsp3) is 0.179. The Kier molecular flexibility index (Phi) is 6.99. The maximum Gasteiger partial charge on any atom is 0.247 e. The van der Waals surface area contributed by atoms with Gasteiger partial charge in [0, 0.05) is 47.7 Å². The molecule has 4 aromatic rings. The second-order valence-electron chi connectivity index (χ2n) is 8.55. The van der Waals surface area contributed by atoms with Gasteiger partial charge in [0.05, 0.1) is 18.2 Å². The third-order valence-corrected chi connectivity index (χ3v) is 6.16. The number of rotatable bonds is 7. The molecule has 36 heavy (non-hydrogen) atoms. The highest BCUT2D eigenvalue weighted by molar-refractivity contribution is 6.00. The van der Waals surface area contributed by atoms with Gasteiger partial charge in [0.1, 0.15) is 0 Å². The normalized spacial score (nSPS) is 17.5. The minimum Gasteiger partial charge on any atom is -0.371 e. The Hall–Kier alpha value is -4.11. The van der Waals surface area contributed by atoms with Crippen molar-refractivity contribution >= 4 is 34.1 Å². The van der Waals surface area contributed by atoms with Gasteiger partial charge in [0.15, 0.2) is 0 Å². The van der Waals surface area contributed by atoms with Crippen LogP contribution in [0.2, 0.25) is 0 Å². The number of carbonyl (C=O) groups excluding carboxylic acids is 1. The molecule has 182 valence electrons. The Labute approximate surface area is 209 Å². The smallest absolute Gasteiger partial charge is 0.247 e. The summed E-state index contributed by atoms with van der Waals surface area (Å²) in [5.41, 5.74) is 11.2. The van der Waals surface area contributed by atoms with Crippen LogP contribution in [0, 0.1) is 0 Å². The zero-order valence-electron chi connectivity index (χ0n) is 19.8. The van der Waals surface area contributed by atoms with Gasteiger partial charge in [0.25, 0.3) is 0 Å². The molecule has 1 amide bonds. The van der Waals surface area contributed by atoms with E-state index in [-0.39, 0.29) is 18.1 Å². The first-order valence-electron chi connectivity index (χ1n) is 11.9. The Morgan fingerprint density at radius 2 is 1.97 bits per heavy atom. The number of nitrogens with two attached hydrogens (primary N) is 1. The van der Waals surface area contributed by atoms with Gasteiger partial charge < -0.3 is 26.4 Å². The third kappa shape index (κ3) is 5.11. The molecular weight excluding hydrogens is 452 g/mol. The van der Waals surface area contributed by atoms with Gasteiger partial charge in [-0.15, -0.1) is 0 Å². The number of para-hydroxylation sites is 1. The van der Waals surface area contributed by atoms with E-state index >= 15 is 0 Å². The topological polar surface area (TPSA) is 114 Å². The molecule has 0 saturated carbocycles. The molecule has 1 saturated heterocycles. The average molecular weight is 481 g/mol. The monoisotopic (exact) mass is 480 g/mol. The minimum atomic E-state index is -0.255. The summed E-state index contributed by atoms with van der Waals surface area (Å²) in [7, 11) is 0. The summed E-state index contributed by atoms with van der Waals surface area (Å²) in [6.45, 7) is 5.50. The molecule has 0 spiro atoms. The van der Waals surface area contributed by atoms with Gasteiger partial charge in [-0.25, -0.2) is 9.97 Å². The summed E-state index contributed by atoms with van der Waals surface area (Å²) in [6, 6.07) is 21.8. The molecule has 0 radical (unpaired) electrons. The van der Waals surface area contributed by atoms with Gasteiger partial charge in [-0.05, 0) is 41.5 Å². The molecule has 5 N–H and O–H groups in total. The number of morpholine rings is 1. The second kappa shape index (κ2) is 10.7. The van der Waals surface area contributed by atoms with Crippen molar-refractivity contribution < 1.29 is 9.53 Å². The highest BCUT2D eigenvalue weighted by Crippen LogP contribution is 2.30. The zero-order chi connectivity index (χ0) is 24.9. The number of anilines is 3. The number of ether oxygens (including phenoxy) is 1. The van der Waals surface area contributed by atoms with Crippen molar-refractivity contribution in [3.05, 3.63) is 91.1 Å². The number of nitrogens with one attached hydrogen (secondary N) is 3. The first kappa shape index (κ1) is 23.6. The molecule has 8 nitrogen and oxygen atoms in total. The molecule has 0 bridgehead atoms. The molecule has 2 heterocycles. The SMILES string of the molecule is C=CC(=O)Nc1cccc(-c2cccc3cnc(Nc4ccc(C5OCCNC5CN)cc4)nc23)c1. The van der Waals surface area contributed by atoms with Crippen molar-refractivity contribution in [2.24, 2.45) is 5.73 Å². The van der Waals surface area contributed by atoms with E-state index in [0.717, 1.165) is 39.8 Å². The number of hydrogen-bond acceptors (Lipinski definition) is 7. The molecule has 0 aliphatic carbocycles. The summed E-state index contributed by atoms with van der Waals surface area (Å²) in [4.78, 5) is 21.0. The molecular formula is C28H28N6O2. The number of hydrogen-bond donors (Lipinski definition) is 4. The van der Waals surface area contributed by atoms with E-state index in [1.807, 2.05) is 66.7 Å². The maximum atomic E-state index is 11.7. The predicted molar refractivity (Wildman–Crippen MR) is 143 cm³/mol. The summed E-state index contributed by atoms with van der Waals surface area (Å²) in [5.74, 6) is 0.240. The molecule has 2 unspecified atom stereocenters. The lowest BCUT2D eigenvalue weighted by Crippen LogP contribution is -2.47. The lowest BCUT2D eigenvalue weighted by Gasteiger charge is -2.32. The predicted octanol–water partition coefficient (Wildman–Crippen LogP) is 4.15. The molecule has 1 aliphatic rings. The van der Waals surface area contributed by atoms with E-state index in [2.05, 4.69) is 27.5 Å². The molecule has 3 aromatic carbocycles. The van der Waals surface area contributed by atoms with E-state index in [9.17, 15) is 4.79 Å². The summed E-state index contributed by atoms with van der Waals surface area (Å²) < 4.78 is 5.95. The lowest BCUT2D eigenvalue weighted by molar-refractivity contribution is -0.111. The highest BCUT2D eigenvalue weighted by atomic mass is 16.5. The molecule has 1 aromatic heterocycles. The van der Waals surface area contributed by atoms with E-state index in [4.69, 9.17) is 15.5 Å². The fourth-order valence-corrected chi connectivity index (χ4v) is 4.38. The summed E-state index contributed by atoms with van der Waals surface area (Å²) in [6.07, 6.45) is 2.99. The van der Waals surface area contributed by atoms with Crippen LogP contribution in [-0.2, 0) is 9.53 Å². The average Bonchev–Trinajstić information content (AvgIpc) is 2.93. The van der Waals surface area contributed by atoms with Crippen LogP contribution in [0.25, 0.3) is 22.0 Å². The van der Waals surface area contributed by atoms with Crippen molar-refractivity contribution in [1.29, 1.82) is 0 Å². The fourth-order valence-electron chi connectivity index (χ4n) is 4.38. The van der Waals surface area contributed by atoms with Crippen molar-refractivity contribution in [2.75, 3.05) is 30.3 Å².